The Labute approximate surface area is 122 Å². The maximum absolute atomic E-state index is 12.2. The number of hydrogen-bond acceptors (Lipinski definition) is 6. The van der Waals surface area contributed by atoms with Gasteiger partial charge in [0.05, 0.1) is 17.2 Å². The second-order valence-electron chi connectivity index (χ2n) is 4.81. The van der Waals surface area contributed by atoms with Crippen LogP contribution < -0.4 is 4.72 Å². The van der Waals surface area contributed by atoms with Gasteiger partial charge in [-0.25, -0.2) is 18.1 Å². The molecule has 0 aliphatic rings. The maximum atomic E-state index is 12.2. The Balaban J connectivity index is 2.13. The fourth-order valence-corrected chi connectivity index (χ4v) is 3.93. The Morgan fingerprint density at radius 3 is 2.60 bits per heavy atom. The lowest BCUT2D eigenvalue weighted by atomic mass is 10.2. The average molecular weight is 315 g/mol. The topological polar surface area (TPSA) is 85.1 Å². The van der Waals surface area contributed by atoms with E-state index in [2.05, 4.69) is 28.7 Å². The largest absolute Gasteiger partial charge is 0.360 e. The maximum Gasteiger partial charge on any atom is 0.246 e. The number of thiazole rings is 1. The molecule has 1 N–H and O–H groups in total. The monoisotopic (exact) mass is 315 g/mol. The zero-order chi connectivity index (χ0) is 14.9. The van der Waals surface area contributed by atoms with Crippen molar-refractivity contribution in [3.63, 3.8) is 0 Å². The van der Waals surface area contributed by atoms with Crippen LogP contribution in [0.3, 0.4) is 0 Å². The van der Waals surface area contributed by atoms with E-state index in [0.29, 0.717) is 17.3 Å². The van der Waals surface area contributed by atoms with Gasteiger partial charge in [-0.3, -0.25) is 0 Å². The van der Waals surface area contributed by atoms with Gasteiger partial charge in [0.1, 0.15) is 10.6 Å². The number of rotatable bonds is 5. The van der Waals surface area contributed by atoms with Gasteiger partial charge in [-0.2, -0.15) is 0 Å². The summed E-state index contributed by atoms with van der Waals surface area (Å²) in [5.41, 5.74) is 1.07. The number of hydrogen-bond donors (Lipinski definition) is 1. The highest BCUT2D eigenvalue weighted by Crippen LogP contribution is 2.21. The minimum absolute atomic E-state index is 0.108. The third-order valence-electron chi connectivity index (χ3n) is 2.74. The van der Waals surface area contributed by atoms with Crippen molar-refractivity contribution in [2.75, 3.05) is 0 Å². The molecule has 0 saturated carbocycles. The van der Waals surface area contributed by atoms with E-state index in [9.17, 15) is 8.42 Å². The van der Waals surface area contributed by atoms with Crippen LogP contribution in [-0.4, -0.2) is 18.6 Å². The molecule has 0 atom stereocenters. The summed E-state index contributed by atoms with van der Waals surface area (Å²) in [5, 5.41) is 6.52. The summed E-state index contributed by atoms with van der Waals surface area (Å²) in [4.78, 5) is 4.50. The van der Waals surface area contributed by atoms with Gasteiger partial charge < -0.3 is 4.52 Å². The third kappa shape index (κ3) is 3.08. The van der Waals surface area contributed by atoms with Crippen LogP contribution in [0, 0.1) is 13.8 Å². The zero-order valence-corrected chi connectivity index (χ0v) is 13.4. The van der Waals surface area contributed by atoms with Crippen LogP contribution in [0.5, 0.6) is 0 Å². The second kappa shape index (κ2) is 5.63. The summed E-state index contributed by atoms with van der Waals surface area (Å²) in [5.74, 6) is 0.629. The van der Waals surface area contributed by atoms with Crippen molar-refractivity contribution in [2.24, 2.45) is 0 Å². The van der Waals surface area contributed by atoms with Crippen LogP contribution in [0.25, 0.3) is 0 Å². The van der Waals surface area contributed by atoms with Crippen LogP contribution in [0.1, 0.15) is 41.9 Å². The Morgan fingerprint density at radius 1 is 1.40 bits per heavy atom. The standard InChI is InChI=1S/C12H17N3O3S2/c1-7(2)12-14-10(6-19-12)5-13-20(16,17)11-8(3)15-18-9(11)4/h6-7,13H,5H2,1-4H3. The molecule has 0 amide bonds. The molecule has 0 radical (unpaired) electrons. The van der Waals surface area contributed by atoms with Crippen LogP contribution in [0.2, 0.25) is 0 Å². The quantitative estimate of drug-likeness (QED) is 0.915. The van der Waals surface area contributed by atoms with Gasteiger partial charge in [0.2, 0.25) is 10.0 Å². The molecule has 110 valence electrons. The Bertz CT molecular complexity index is 682. The first kappa shape index (κ1) is 15.1. The third-order valence-corrected chi connectivity index (χ3v) is 5.58. The molecule has 6 nitrogen and oxygen atoms in total. The molecule has 2 aromatic heterocycles. The minimum Gasteiger partial charge on any atom is -0.360 e. The highest BCUT2D eigenvalue weighted by atomic mass is 32.2. The van der Waals surface area contributed by atoms with E-state index in [1.54, 1.807) is 13.8 Å². The summed E-state index contributed by atoms with van der Waals surface area (Å²) >= 11 is 1.54. The van der Waals surface area contributed by atoms with E-state index in [4.69, 9.17) is 4.52 Å². The summed E-state index contributed by atoms with van der Waals surface area (Å²) in [6, 6.07) is 0. The number of nitrogens with zero attached hydrogens (tertiary/aromatic N) is 2. The van der Waals surface area contributed by atoms with Crippen molar-refractivity contribution >= 4 is 21.4 Å². The second-order valence-corrected chi connectivity index (χ2v) is 7.40. The van der Waals surface area contributed by atoms with Gasteiger partial charge in [-0.05, 0) is 13.8 Å². The van der Waals surface area contributed by atoms with Gasteiger partial charge in [0.15, 0.2) is 5.76 Å². The number of nitrogens with one attached hydrogen (secondary N) is 1. The molecule has 0 aliphatic heterocycles. The Kier molecular flexibility index (Phi) is 4.26. The fourth-order valence-electron chi connectivity index (χ4n) is 1.77. The number of aromatic nitrogens is 2. The molecule has 2 heterocycles. The first-order valence-corrected chi connectivity index (χ1v) is 8.54. The van der Waals surface area contributed by atoms with Crippen molar-refractivity contribution in [2.45, 2.75) is 45.1 Å². The highest BCUT2D eigenvalue weighted by molar-refractivity contribution is 7.89. The Morgan fingerprint density at radius 2 is 2.10 bits per heavy atom. The average Bonchev–Trinajstić information content (AvgIpc) is 2.94. The Hall–Kier alpha value is -1.25. The molecule has 0 saturated heterocycles. The molecule has 0 bridgehead atoms. The van der Waals surface area contributed by atoms with Crippen LogP contribution in [0.4, 0.5) is 0 Å². The summed E-state index contributed by atoms with van der Waals surface area (Å²) in [7, 11) is -3.63. The fraction of sp³-hybridized carbons (Fsp3) is 0.500. The first-order valence-electron chi connectivity index (χ1n) is 6.18. The van der Waals surface area contributed by atoms with Crippen molar-refractivity contribution in [3.05, 3.63) is 27.5 Å². The zero-order valence-electron chi connectivity index (χ0n) is 11.8. The van der Waals surface area contributed by atoms with E-state index >= 15 is 0 Å². The van der Waals surface area contributed by atoms with Crippen molar-refractivity contribution in [1.29, 1.82) is 0 Å². The SMILES string of the molecule is Cc1noc(C)c1S(=O)(=O)NCc1csc(C(C)C)n1. The normalized spacial score (nSPS) is 12.2. The van der Waals surface area contributed by atoms with Gasteiger partial charge in [0.25, 0.3) is 0 Å². The van der Waals surface area contributed by atoms with Crippen molar-refractivity contribution < 1.29 is 12.9 Å². The predicted molar refractivity (Wildman–Crippen MR) is 76.2 cm³/mol. The van der Waals surface area contributed by atoms with E-state index in [-0.39, 0.29) is 17.2 Å². The molecule has 0 aliphatic carbocycles. The molecule has 2 aromatic rings. The molecule has 0 fully saturated rings. The number of sulfonamides is 1. The molecule has 2 rings (SSSR count). The summed E-state index contributed by atoms with van der Waals surface area (Å²) in [6.45, 7) is 7.45. The van der Waals surface area contributed by atoms with Crippen molar-refractivity contribution in [3.8, 4) is 0 Å². The van der Waals surface area contributed by atoms with E-state index in [1.165, 1.54) is 11.3 Å². The molecule has 0 spiro atoms. The first-order chi connectivity index (χ1) is 9.31. The smallest absolute Gasteiger partial charge is 0.246 e. The molecule has 0 unspecified atom stereocenters. The highest BCUT2D eigenvalue weighted by Gasteiger charge is 2.24. The van der Waals surface area contributed by atoms with Crippen LogP contribution in [-0.2, 0) is 16.6 Å². The predicted octanol–water partition coefficient (Wildman–Crippen LogP) is 2.35. The summed E-state index contributed by atoms with van der Waals surface area (Å²) < 4.78 is 31.8. The van der Waals surface area contributed by atoms with E-state index in [1.807, 2.05) is 5.38 Å². The molecular formula is C12H17N3O3S2. The van der Waals surface area contributed by atoms with Crippen molar-refractivity contribution in [1.82, 2.24) is 14.9 Å². The number of aryl methyl sites for hydroxylation is 2. The lowest BCUT2D eigenvalue weighted by molar-refractivity contribution is 0.390. The van der Waals surface area contributed by atoms with E-state index < -0.39 is 10.0 Å². The lowest BCUT2D eigenvalue weighted by Crippen LogP contribution is -2.24. The molecule has 20 heavy (non-hydrogen) atoms. The van der Waals surface area contributed by atoms with Gasteiger partial charge in [0, 0.05) is 11.3 Å². The van der Waals surface area contributed by atoms with Crippen LogP contribution >= 0.6 is 11.3 Å². The van der Waals surface area contributed by atoms with Gasteiger partial charge >= 0.3 is 0 Å². The lowest BCUT2D eigenvalue weighted by Gasteiger charge is -2.04. The minimum atomic E-state index is -3.63. The van der Waals surface area contributed by atoms with Gasteiger partial charge in [-0.15, -0.1) is 11.3 Å². The molecular weight excluding hydrogens is 298 g/mol. The van der Waals surface area contributed by atoms with E-state index in [0.717, 1.165) is 5.01 Å². The summed E-state index contributed by atoms with van der Waals surface area (Å²) in [6.07, 6.45) is 0. The molecule has 8 heteroatoms. The van der Waals surface area contributed by atoms with Gasteiger partial charge in [-0.1, -0.05) is 19.0 Å². The molecule has 0 aromatic carbocycles. The van der Waals surface area contributed by atoms with Crippen LogP contribution in [0.15, 0.2) is 14.8 Å².